The van der Waals surface area contributed by atoms with Crippen LogP contribution in [0.5, 0.6) is 0 Å². The van der Waals surface area contributed by atoms with Crippen molar-refractivity contribution in [1.29, 1.82) is 0 Å². The predicted octanol–water partition coefficient (Wildman–Crippen LogP) is 5.66. The van der Waals surface area contributed by atoms with Crippen LogP contribution in [0.4, 0.5) is 20.2 Å². The van der Waals surface area contributed by atoms with Crippen molar-refractivity contribution >= 4 is 34.8 Å². The number of ketones is 1. The molecule has 1 aromatic heterocycles. The quantitative estimate of drug-likeness (QED) is 0.306. The molecule has 0 bridgehead atoms. The first-order valence-corrected chi connectivity index (χ1v) is 14.5. The molecule has 210 valence electrons. The summed E-state index contributed by atoms with van der Waals surface area (Å²) in [5.41, 5.74) is 4.38. The number of benzene rings is 2. The molecule has 10 heteroatoms. The molecule has 1 unspecified atom stereocenters. The van der Waals surface area contributed by atoms with E-state index in [1.807, 2.05) is 45.0 Å². The van der Waals surface area contributed by atoms with Gasteiger partial charge in [-0.3, -0.25) is 9.59 Å². The number of fused-ring (bicyclic) bond motifs is 1. The molecule has 2 aromatic carbocycles. The van der Waals surface area contributed by atoms with Crippen molar-refractivity contribution in [3.63, 3.8) is 0 Å². The number of hydrogen-bond acceptors (Lipinski definition) is 6. The molecule has 3 aromatic rings. The van der Waals surface area contributed by atoms with Crippen LogP contribution in [0.3, 0.4) is 0 Å². The number of rotatable bonds is 8. The summed E-state index contributed by atoms with van der Waals surface area (Å²) in [6.07, 6.45) is 2.53. The molecule has 1 aliphatic heterocycles. The van der Waals surface area contributed by atoms with Gasteiger partial charge in [-0.15, -0.1) is 0 Å². The average Bonchev–Trinajstić information content (AvgIpc) is 3.24. The molecule has 0 radical (unpaired) electrons. The highest BCUT2D eigenvalue weighted by atomic mass is 32.2. The molecule has 1 amide bonds. The number of halogens is 2. The van der Waals surface area contributed by atoms with E-state index >= 15 is 4.39 Å². The second kappa shape index (κ2) is 11.4. The van der Waals surface area contributed by atoms with Gasteiger partial charge < -0.3 is 20.5 Å². The first-order valence-electron chi connectivity index (χ1n) is 13.3. The summed E-state index contributed by atoms with van der Waals surface area (Å²) < 4.78 is 29.3. The van der Waals surface area contributed by atoms with E-state index in [1.165, 1.54) is 12.1 Å². The standard InChI is InChI=1S/C30H33F2N5O2S/c1-18-24(35-17-34-18)16-40-11-10-33-27(39)15-37-25-7-5-4-6-22(25)36-23-13-30(2,3)14-26(38)28(23)29(37)20-9-8-19(31)12-21(20)32/h4-9,12,17,29,36H,10-11,13-16H2,1-3H3,(H,33,39)(H,34,35). The second-order valence-electron chi connectivity index (χ2n) is 11.0. The summed E-state index contributed by atoms with van der Waals surface area (Å²) in [5.74, 6) is -0.413. The average molecular weight is 566 g/mol. The van der Waals surface area contributed by atoms with Crippen molar-refractivity contribution in [3.05, 3.63) is 88.6 Å². The van der Waals surface area contributed by atoms with Gasteiger partial charge in [0, 0.05) is 53.1 Å². The van der Waals surface area contributed by atoms with Crippen LogP contribution in [0.2, 0.25) is 0 Å². The molecule has 40 heavy (non-hydrogen) atoms. The van der Waals surface area contributed by atoms with Gasteiger partial charge in [0.05, 0.1) is 36.0 Å². The Bertz CT molecular complexity index is 1470. The van der Waals surface area contributed by atoms with Gasteiger partial charge in [-0.05, 0) is 37.0 Å². The highest BCUT2D eigenvalue weighted by Crippen LogP contribution is 2.48. The van der Waals surface area contributed by atoms with Crippen molar-refractivity contribution in [1.82, 2.24) is 15.3 Å². The van der Waals surface area contributed by atoms with E-state index in [1.54, 1.807) is 23.0 Å². The third-order valence-corrected chi connectivity index (χ3v) is 8.29. The van der Waals surface area contributed by atoms with Gasteiger partial charge in [0.25, 0.3) is 0 Å². The number of allylic oxidation sites excluding steroid dienone is 1. The predicted molar refractivity (Wildman–Crippen MR) is 154 cm³/mol. The fourth-order valence-corrected chi connectivity index (χ4v) is 6.32. The number of nitrogens with one attached hydrogen (secondary N) is 3. The number of imidazole rings is 1. The van der Waals surface area contributed by atoms with Crippen molar-refractivity contribution in [2.24, 2.45) is 5.41 Å². The Balaban J connectivity index is 1.45. The molecule has 0 spiro atoms. The van der Waals surface area contributed by atoms with E-state index in [-0.39, 0.29) is 35.6 Å². The Kier molecular flexibility index (Phi) is 7.98. The summed E-state index contributed by atoms with van der Waals surface area (Å²) in [4.78, 5) is 36.1. The number of amides is 1. The normalized spacial score (nSPS) is 18.1. The maximum absolute atomic E-state index is 15.4. The van der Waals surface area contributed by atoms with E-state index in [0.717, 1.165) is 28.9 Å². The highest BCUT2D eigenvalue weighted by Gasteiger charge is 2.42. The zero-order chi connectivity index (χ0) is 28.4. The summed E-state index contributed by atoms with van der Waals surface area (Å²) in [7, 11) is 0. The number of hydrogen-bond donors (Lipinski definition) is 3. The van der Waals surface area contributed by atoms with Crippen LogP contribution in [0.15, 0.2) is 60.1 Å². The maximum atomic E-state index is 15.4. The van der Waals surface area contributed by atoms with Crippen LogP contribution >= 0.6 is 11.8 Å². The van der Waals surface area contributed by atoms with Gasteiger partial charge >= 0.3 is 0 Å². The third-order valence-electron chi connectivity index (χ3n) is 7.32. The van der Waals surface area contributed by atoms with Crippen molar-refractivity contribution in [2.75, 3.05) is 29.1 Å². The number of carbonyl (C=O) groups is 2. The lowest BCUT2D eigenvalue weighted by atomic mass is 9.73. The van der Waals surface area contributed by atoms with Crippen LogP contribution in [-0.4, -0.2) is 40.5 Å². The van der Waals surface area contributed by atoms with Crippen LogP contribution in [0.1, 0.15) is 49.7 Å². The van der Waals surface area contributed by atoms with E-state index in [2.05, 4.69) is 20.6 Å². The van der Waals surface area contributed by atoms with Gasteiger partial charge in [0.2, 0.25) is 5.91 Å². The lowest BCUT2D eigenvalue weighted by Gasteiger charge is -2.38. The number of para-hydroxylation sites is 2. The maximum Gasteiger partial charge on any atom is 0.239 e. The third kappa shape index (κ3) is 5.91. The molecule has 0 saturated carbocycles. The van der Waals surface area contributed by atoms with Crippen LogP contribution in [0, 0.1) is 24.0 Å². The molecule has 1 aliphatic carbocycles. The largest absolute Gasteiger partial charge is 0.357 e. The van der Waals surface area contributed by atoms with Crippen molar-refractivity contribution < 1.29 is 18.4 Å². The Hall–Kier alpha value is -3.66. The minimum Gasteiger partial charge on any atom is -0.357 e. The zero-order valence-corrected chi connectivity index (χ0v) is 23.6. The Morgan fingerprint density at radius 1 is 1.20 bits per heavy atom. The van der Waals surface area contributed by atoms with Crippen LogP contribution < -0.4 is 15.5 Å². The highest BCUT2D eigenvalue weighted by molar-refractivity contribution is 7.98. The Morgan fingerprint density at radius 3 is 2.75 bits per heavy atom. The molecule has 2 heterocycles. The monoisotopic (exact) mass is 565 g/mol. The molecule has 1 atom stereocenters. The number of aryl methyl sites for hydroxylation is 1. The number of Topliss-reactive ketones (excluding diaryl/α,β-unsaturated/α-hetero) is 1. The van der Waals surface area contributed by atoms with E-state index in [4.69, 9.17) is 0 Å². The number of nitrogens with zero attached hydrogens (tertiary/aromatic N) is 2. The van der Waals surface area contributed by atoms with Gasteiger partial charge in [-0.25, -0.2) is 13.8 Å². The Labute approximate surface area is 236 Å². The van der Waals surface area contributed by atoms with E-state index in [0.29, 0.717) is 35.7 Å². The van der Waals surface area contributed by atoms with E-state index < -0.39 is 17.7 Å². The number of anilines is 2. The molecule has 0 fully saturated rings. The number of aromatic amines is 1. The SMILES string of the molecule is Cc1[nH]cnc1CSCCNC(=O)CN1c2ccccc2NC2=C(C(=O)CC(C)(C)C2)C1c1ccc(F)cc1F. The molecule has 3 N–H and O–H groups in total. The smallest absolute Gasteiger partial charge is 0.239 e. The van der Waals surface area contributed by atoms with Crippen molar-refractivity contribution in [3.8, 4) is 0 Å². The van der Waals surface area contributed by atoms with E-state index in [9.17, 15) is 14.0 Å². The first-order chi connectivity index (χ1) is 19.1. The number of aromatic nitrogens is 2. The molecule has 0 saturated heterocycles. The van der Waals surface area contributed by atoms with Crippen molar-refractivity contribution in [2.45, 2.75) is 45.4 Å². The number of carbonyl (C=O) groups excluding carboxylic acids is 2. The molecular formula is C30H33F2N5O2S. The van der Waals surface area contributed by atoms with Crippen LogP contribution in [0.25, 0.3) is 0 Å². The minimum atomic E-state index is -0.905. The summed E-state index contributed by atoms with van der Waals surface area (Å²) >= 11 is 1.66. The molecule has 5 rings (SSSR count). The molecule has 7 nitrogen and oxygen atoms in total. The minimum absolute atomic E-state index is 0.114. The van der Waals surface area contributed by atoms with Gasteiger partial charge in [0.15, 0.2) is 5.78 Å². The zero-order valence-electron chi connectivity index (χ0n) is 22.8. The number of thioether (sulfide) groups is 1. The second-order valence-corrected chi connectivity index (χ2v) is 12.2. The van der Waals surface area contributed by atoms with Gasteiger partial charge in [0.1, 0.15) is 11.6 Å². The Morgan fingerprint density at radius 2 is 2.00 bits per heavy atom. The summed E-state index contributed by atoms with van der Waals surface area (Å²) in [6.45, 7) is 6.35. The first kappa shape index (κ1) is 27.9. The molecular weight excluding hydrogens is 532 g/mol. The number of H-pyrrole nitrogens is 1. The van der Waals surface area contributed by atoms with Crippen LogP contribution in [-0.2, 0) is 15.3 Å². The van der Waals surface area contributed by atoms with Gasteiger partial charge in [-0.1, -0.05) is 32.0 Å². The lowest BCUT2D eigenvalue weighted by molar-refractivity contribution is -0.120. The topological polar surface area (TPSA) is 90.1 Å². The summed E-state index contributed by atoms with van der Waals surface area (Å²) in [6, 6.07) is 9.93. The van der Waals surface area contributed by atoms with Gasteiger partial charge in [-0.2, -0.15) is 11.8 Å². The molecule has 2 aliphatic rings. The fourth-order valence-electron chi connectivity index (χ4n) is 5.45. The fraction of sp³-hybridized carbons (Fsp3) is 0.367. The summed E-state index contributed by atoms with van der Waals surface area (Å²) in [5, 5.41) is 6.40. The lowest BCUT2D eigenvalue weighted by Crippen LogP contribution is -2.42.